The van der Waals surface area contributed by atoms with Crippen molar-refractivity contribution in [2.45, 2.75) is 64.3 Å². The van der Waals surface area contributed by atoms with Gasteiger partial charge >= 0.3 is 12.1 Å². The van der Waals surface area contributed by atoms with Crippen LogP contribution >= 0.6 is 0 Å². The Labute approximate surface area is 232 Å². The van der Waals surface area contributed by atoms with E-state index in [0.29, 0.717) is 16.9 Å². The molecular weight excluding hydrogens is 520 g/mol. The summed E-state index contributed by atoms with van der Waals surface area (Å²) in [5, 5.41) is 13.7. The number of benzene rings is 2. The first-order valence-corrected chi connectivity index (χ1v) is 12.8. The van der Waals surface area contributed by atoms with Gasteiger partial charge in [0.25, 0.3) is 5.69 Å². The second-order valence-electron chi connectivity index (χ2n) is 10.7. The van der Waals surface area contributed by atoms with Crippen LogP contribution in [0.4, 0.5) is 10.5 Å². The third-order valence-electron chi connectivity index (χ3n) is 6.07. The Morgan fingerprint density at radius 3 is 2.23 bits per heavy atom. The molecule has 1 heterocycles. The summed E-state index contributed by atoms with van der Waals surface area (Å²) in [4.78, 5) is 64.0. The van der Waals surface area contributed by atoms with Crippen LogP contribution in [0.5, 0.6) is 5.75 Å². The summed E-state index contributed by atoms with van der Waals surface area (Å²) in [6.07, 6.45) is 0.00179. The number of carbonyl (C=O) groups excluding carboxylic acids is 4. The number of nitrogens with zero attached hydrogens (tertiary/aromatic N) is 3. The third-order valence-corrected chi connectivity index (χ3v) is 6.07. The number of nitro benzene ring substituents is 1. The lowest BCUT2D eigenvalue weighted by atomic mass is 10.0. The molecule has 2 aromatic carbocycles. The molecule has 12 heteroatoms. The summed E-state index contributed by atoms with van der Waals surface area (Å²) in [5.74, 6) is -1.03. The van der Waals surface area contributed by atoms with Crippen molar-refractivity contribution in [2.24, 2.45) is 0 Å². The summed E-state index contributed by atoms with van der Waals surface area (Å²) in [7, 11) is 3.13. The van der Waals surface area contributed by atoms with Crippen molar-refractivity contribution in [1.29, 1.82) is 0 Å². The van der Waals surface area contributed by atoms with Crippen LogP contribution in [-0.2, 0) is 32.1 Å². The van der Waals surface area contributed by atoms with Gasteiger partial charge in [0.15, 0.2) is 0 Å². The lowest BCUT2D eigenvalue weighted by Gasteiger charge is -2.28. The van der Waals surface area contributed by atoms with E-state index in [1.807, 2.05) is 0 Å². The molecule has 0 radical (unpaired) electrons. The van der Waals surface area contributed by atoms with Crippen molar-refractivity contribution >= 4 is 29.6 Å². The molecule has 3 amide bonds. The molecule has 1 aliphatic heterocycles. The minimum Gasteiger partial charge on any atom is -0.458 e. The molecule has 1 aliphatic rings. The Kier molecular flexibility index (Phi) is 9.46. The van der Waals surface area contributed by atoms with E-state index >= 15 is 0 Å². The Morgan fingerprint density at radius 2 is 1.68 bits per heavy atom. The van der Waals surface area contributed by atoms with Gasteiger partial charge in [0.2, 0.25) is 11.8 Å². The molecule has 0 spiro atoms. The zero-order valence-electron chi connectivity index (χ0n) is 23.2. The highest BCUT2D eigenvalue weighted by Crippen LogP contribution is 2.24. The topological polar surface area (TPSA) is 148 Å². The van der Waals surface area contributed by atoms with E-state index in [2.05, 4.69) is 5.32 Å². The molecule has 3 rings (SSSR count). The highest BCUT2D eigenvalue weighted by molar-refractivity contribution is 5.93. The largest absolute Gasteiger partial charge is 0.458 e. The fourth-order valence-electron chi connectivity index (χ4n) is 4.08. The van der Waals surface area contributed by atoms with E-state index < -0.39 is 40.6 Å². The van der Waals surface area contributed by atoms with Gasteiger partial charge in [-0.05, 0) is 50.5 Å². The Balaban J connectivity index is 1.75. The summed E-state index contributed by atoms with van der Waals surface area (Å²) in [6, 6.07) is 10.5. The number of non-ortho nitro benzene ring substituents is 1. The third kappa shape index (κ3) is 8.26. The predicted molar refractivity (Wildman–Crippen MR) is 144 cm³/mol. The molecule has 2 aromatic rings. The summed E-state index contributed by atoms with van der Waals surface area (Å²) < 4.78 is 10.8. The first-order valence-electron chi connectivity index (χ1n) is 12.8. The average molecular weight is 555 g/mol. The second-order valence-corrected chi connectivity index (χ2v) is 10.7. The van der Waals surface area contributed by atoms with Crippen LogP contribution in [0.3, 0.4) is 0 Å². The molecule has 12 nitrogen and oxygen atoms in total. The molecule has 0 unspecified atom stereocenters. The van der Waals surface area contributed by atoms with Gasteiger partial charge in [0.1, 0.15) is 23.4 Å². The summed E-state index contributed by atoms with van der Waals surface area (Å²) in [6.45, 7) is 5.26. The van der Waals surface area contributed by atoms with E-state index in [1.54, 1.807) is 71.3 Å². The van der Waals surface area contributed by atoms with Gasteiger partial charge in [-0.1, -0.05) is 24.3 Å². The lowest BCUT2D eigenvalue weighted by Crippen LogP contribution is -2.52. The second kappa shape index (κ2) is 12.6. The maximum absolute atomic E-state index is 13.4. The number of rotatable bonds is 9. The number of esters is 1. The lowest BCUT2D eigenvalue weighted by molar-refractivity contribution is -0.384. The SMILES string of the molecule is CN(C)C(=O)Oc1ccc(C[C@H](NC(=O)[C@@H]2CCC(=O)N2Cc2ccc([N+](=O)[O-])cc2)C(=O)OC(C)(C)C)cc1. The van der Waals surface area contributed by atoms with Crippen molar-refractivity contribution in [2.75, 3.05) is 14.1 Å². The van der Waals surface area contributed by atoms with Crippen LogP contribution in [0.1, 0.15) is 44.7 Å². The Hall–Kier alpha value is -4.48. The van der Waals surface area contributed by atoms with Gasteiger partial charge in [-0.2, -0.15) is 0 Å². The van der Waals surface area contributed by atoms with Gasteiger partial charge in [0.05, 0.1) is 4.92 Å². The van der Waals surface area contributed by atoms with Crippen molar-refractivity contribution in [3.05, 3.63) is 69.8 Å². The van der Waals surface area contributed by atoms with Crippen molar-refractivity contribution < 1.29 is 33.6 Å². The molecular formula is C28H34N4O8. The molecule has 214 valence electrons. The van der Waals surface area contributed by atoms with Gasteiger partial charge in [-0.3, -0.25) is 19.7 Å². The van der Waals surface area contributed by atoms with Crippen LogP contribution < -0.4 is 10.1 Å². The Morgan fingerprint density at radius 1 is 1.07 bits per heavy atom. The molecule has 1 fully saturated rings. The minimum absolute atomic E-state index is 0.0742. The predicted octanol–water partition coefficient (Wildman–Crippen LogP) is 3.22. The van der Waals surface area contributed by atoms with Crippen LogP contribution in [0.25, 0.3) is 0 Å². The molecule has 0 aromatic heterocycles. The average Bonchev–Trinajstić information content (AvgIpc) is 3.23. The molecule has 0 saturated carbocycles. The van der Waals surface area contributed by atoms with E-state index in [1.165, 1.54) is 21.9 Å². The number of ether oxygens (including phenoxy) is 2. The molecule has 40 heavy (non-hydrogen) atoms. The highest BCUT2D eigenvalue weighted by Gasteiger charge is 2.38. The maximum Gasteiger partial charge on any atom is 0.414 e. The van der Waals surface area contributed by atoms with E-state index in [9.17, 15) is 29.3 Å². The van der Waals surface area contributed by atoms with Crippen molar-refractivity contribution in [3.8, 4) is 5.75 Å². The first-order chi connectivity index (χ1) is 18.7. The molecule has 0 aliphatic carbocycles. The molecule has 0 bridgehead atoms. The van der Waals surface area contributed by atoms with Crippen molar-refractivity contribution in [1.82, 2.24) is 15.1 Å². The molecule has 1 N–H and O–H groups in total. The van der Waals surface area contributed by atoms with E-state index in [0.717, 1.165) is 0 Å². The highest BCUT2D eigenvalue weighted by atomic mass is 16.6. The molecule has 1 saturated heterocycles. The number of hydrogen-bond acceptors (Lipinski definition) is 8. The van der Waals surface area contributed by atoms with Crippen LogP contribution in [0.15, 0.2) is 48.5 Å². The fraction of sp³-hybridized carbons (Fsp3) is 0.429. The Bertz CT molecular complexity index is 1250. The minimum atomic E-state index is -1.04. The van der Waals surface area contributed by atoms with Crippen molar-refractivity contribution in [3.63, 3.8) is 0 Å². The van der Waals surface area contributed by atoms with Gasteiger partial charge in [-0.15, -0.1) is 0 Å². The normalized spacial score (nSPS) is 15.8. The standard InChI is InChI=1S/C28H34N4O8/c1-28(2,3)40-26(35)22(16-18-8-12-21(13-9-18)39-27(36)30(4)5)29-25(34)23-14-15-24(33)31(23)17-19-6-10-20(11-7-19)32(37)38/h6-13,22-23H,14-17H2,1-5H3,(H,29,34)/t22-,23-/m0/s1. The zero-order chi connectivity index (χ0) is 29.6. The number of hydrogen-bond donors (Lipinski definition) is 1. The zero-order valence-corrected chi connectivity index (χ0v) is 23.2. The van der Waals surface area contributed by atoms with Gasteiger partial charge < -0.3 is 24.6 Å². The van der Waals surface area contributed by atoms with Crippen LogP contribution in [0, 0.1) is 10.1 Å². The first kappa shape index (κ1) is 30.1. The fourth-order valence-corrected chi connectivity index (χ4v) is 4.08. The van der Waals surface area contributed by atoms with E-state index in [-0.39, 0.29) is 37.4 Å². The van der Waals surface area contributed by atoms with Crippen LogP contribution in [0.2, 0.25) is 0 Å². The number of likely N-dealkylation sites (tertiary alicyclic amines) is 1. The quantitative estimate of drug-likeness (QED) is 0.282. The van der Waals surface area contributed by atoms with E-state index in [4.69, 9.17) is 9.47 Å². The maximum atomic E-state index is 13.4. The number of nitrogens with one attached hydrogen (secondary N) is 1. The molecule has 2 atom stereocenters. The number of carbonyl (C=O) groups is 4. The number of amides is 3. The number of nitro groups is 1. The van der Waals surface area contributed by atoms with Crippen LogP contribution in [-0.4, -0.2) is 70.4 Å². The summed E-state index contributed by atoms with van der Waals surface area (Å²) in [5.41, 5.74) is 0.452. The van der Waals surface area contributed by atoms with Gasteiger partial charge in [0, 0.05) is 45.6 Å². The monoisotopic (exact) mass is 554 g/mol. The van der Waals surface area contributed by atoms with Gasteiger partial charge in [-0.25, -0.2) is 9.59 Å². The summed E-state index contributed by atoms with van der Waals surface area (Å²) >= 11 is 0. The smallest absolute Gasteiger partial charge is 0.414 e.